The van der Waals surface area contributed by atoms with Crippen molar-refractivity contribution >= 4 is 33.7 Å². The highest BCUT2D eigenvalue weighted by Gasteiger charge is 2.53. The number of hydrogen-bond acceptors (Lipinski definition) is 7. The quantitative estimate of drug-likeness (QED) is 0.176. The van der Waals surface area contributed by atoms with E-state index in [1.54, 1.807) is 63.2 Å². The molecule has 44 heavy (non-hydrogen) atoms. The lowest BCUT2D eigenvalue weighted by atomic mass is 9.83. The number of amides is 1. The Kier molecular flexibility index (Phi) is 10.7. The second kappa shape index (κ2) is 14.3. The van der Waals surface area contributed by atoms with Crippen LogP contribution < -0.4 is 10.1 Å². The summed E-state index contributed by atoms with van der Waals surface area (Å²) < 4.78 is 46.5. The van der Waals surface area contributed by atoms with Gasteiger partial charge in [0.15, 0.2) is 11.6 Å². The minimum Gasteiger partial charge on any atom is -0.494 e. The van der Waals surface area contributed by atoms with Gasteiger partial charge >= 0.3 is 5.97 Å². The number of aliphatic imine (C=N–C) groups is 1. The molecular weight excluding hydrogens is 638 g/mol. The Hall–Kier alpha value is -3.83. The molecule has 1 aliphatic heterocycles. The van der Waals surface area contributed by atoms with Crippen LogP contribution >= 0.6 is 15.9 Å². The van der Waals surface area contributed by atoms with Gasteiger partial charge in [-0.15, -0.1) is 0 Å². The topological polar surface area (TPSA) is 106 Å². The molecule has 0 aliphatic carbocycles. The Morgan fingerprint density at radius 3 is 2.50 bits per heavy atom. The van der Waals surface area contributed by atoms with E-state index in [0.717, 1.165) is 18.2 Å². The number of nitrogens with one attached hydrogen (secondary N) is 1. The normalized spacial score (nSPS) is 17.9. The number of halogens is 3. The zero-order valence-electron chi connectivity index (χ0n) is 24.7. The minimum atomic E-state index is -1.68. The second-order valence-electron chi connectivity index (χ2n) is 11.3. The first kappa shape index (κ1) is 33.1. The van der Waals surface area contributed by atoms with E-state index in [1.165, 1.54) is 0 Å². The zero-order valence-corrected chi connectivity index (χ0v) is 26.3. The van der Waals surface area contributed by atoms with Crippen LogP contribution in [-0.4, -0.2) is 47.2 Å². The summed E-state index contributed by atoms with van der Waals surface area (Å²) in [7, 11) is 0. The van der Waals surface area contributed by atoms with Crippen LogP contribution in [0.25, 0.3) is 0 Å². The minimum absolute atomic E-state index is 0.0124. The van der Waals surface area contributed by atoms with Gasteiger partial charge in [0, 0.05) is 47.2 Å². The summed E-state index contributed by atoms with van der Waals surface area (Å²) in [5.41, 5.74) is -1.31. The lowest BCUT2D eigenvalue weighted by molar-refractivity contribution is -0.155. The molecule has 0 saturated carbocycles. The summed E-state index contributed by atoms with van der Waals surface area (Å²) in [6, 6.07) is 17.1. The number of ether oxygens (including phenoxy) is 3. The highest BCUT2D eigenvalue weighted by Crippen LogP contribution is 2.45. The van der Waals surface area contributed by atoms with Crippen molar-refractivity contribution < 1.29 is 37.7 Å². The van der Waals surface area contributed by atoms with Crippen LogP contribution in [0.15, 0.2) is 76.2 Å². The van der Waals surface area contributed by atoms with Crippen LogP contribution in [0.1, 0.15) is 62.8 Å². The fourth-order valence-electron chi connectivity index (χ4n) is 4.73. The predicted molar refractivity (Wildman–Crippen MR) is 164 cm³/mol. The van der Waals surface area contributed by atoms with Gasteiger partial charge in [-0.3, -0.25) is 9.59 Å². The molecule has 0 bridgehead atoms. The van der Waals surface area contributed by atoms with Crippen molar-refractivity contribution in [1.82, 2.24) is 5.32 Å². The smallest absolute Gasteiger partial charge is 0.306 e. The molecular formula is C33H35BrF2N2O6. The van der Waals surface area contributed by atoms with Gasteiger partial charge in [-0.05, 0) is 75.7 Å². The lowest BCUT2D eigenvalue weighted by Gasteiger charge is -2.31. The average Bonchev–Trinajstić information content (AvgIpc) is 3.37. The van der Waals surface area contributed by atoms with E-state index in [0.29, 0.717) is 34.4 Å². The van der Waals surface area contributed by atoms with Gasteiger partial charge in [-0.1, -0.05) is 34.1 Å². The maximum Gasteiger partial charge on any atom is 0.306 e. The highest BCUT2D eigenvalue weighted by molar-refractivity contribution is 9.10. The number of aliphatic hydroxyl groups is 1. The second-order valence-corrected chi connectivity index (χ2v) is 12.2. The molecule has 4 rings (SSSR count). The number of carbonyl (C=O) groups excluding carboxylic acids is 2. The molecule has 0 fully saturated rings. The zero-order chi connectivity index (χ0) is 31.9. The van der Waals surface area contributed by atoms with Gasteiger partial charge in [0.1, 0.15) is 23.0 Å². The highest BCUT2D eigenvalue weighted by atomic mass is 79.9. The van der Waals surface area contributed by atoms with E-state index in [2.05, 4.69) is 21.2 Å². The monoisotopic (exact) mass is 672 g/mol. The molecule has 8 nitrogen and oxygen atoms in total. The Morgan fingerprint density at radius 2 is 1.82 bits per heavy atom. The fourth-order valence-corrected chi connectivity index (χ4v) is 5.22. The summed E-state index contributed by atoms with van der Waals surface area (Å²) in [5, 5.41) is 11.7. The molecule has 3 aromatic rings. The number of carbonyl (C=O) groups is 2. The lowest BCUT2D eigenvalue weighted by Crippen LogP contribution is -2.48. The maximum atomic E-state index is 14.5. The molecule has 2 N–H and O–H groups in total. The van der Waals surface area contributed by atoms with Gasteiger partial charge < -0.3 is 24.6 Å². The first-order valence-corrected chi connectivity index (χ1v) is 15.0. The van der Waals surface area contributed by atoms with Crippen LogP contribution in [0.5, 0.6) is 5.75 Å². The molecule has 234 valence electrons. The molecule has 0 aromatic heterocycles. The molecule has 1 heterocycles. The van der Waals surface area contributed by atoms with Gasteiger partial charge in [-0.2, -0.15) is 0 Å². The van der Waals surface area contributed by atoms with Crippen molar-refractivity contribution in [3.05, 3.63) is 99.5 Å². The van der Waals surface area contributed by atoms with Crippen molar-refractivity contribution in [2.75, 3.05) is 13.2 Å². The average molecular weight is 674 g/mol. The molecule has 0 spiro atoms. The maximum absolute atomic E-state index is 14.5. The third kappa shape index (κ3) is 8.21. The summed E-state index contributed by atoms with van der Waals surface area (Å²) in [4.78, 5) is 31.9. The van der Waals surface area contributed by atoms with Crippen LogP contribution in [0, 0.1) is 11.6 Å². The molecule has 0 unspecified atom stereocenters. The van der Waals surface area contributed by atoms with Crippen LogP contribution in [-0.2, 0) is 25.6 Å². The Bertz CT molecular complexity index is 1510. The van der Waals surface area contributed by atoms with Crippen molar-refractivity contribution in [2.24, 2.45) is 4.99 Å². The number of aliphatic hydroxyl groups excluding tert-OH is 1. The van der Waals surface area contributed by atoms with Gasteiger partial charge in [0.25, 0.3) is 5.91 Å². The number of nitrogens with zero attached hydrogens (tertiary/aromatic N) is 1. The van der Waals surface area contributed by atoms with E-state index in [-0.39, 0.29) is 37.5 Å². The Balaban J connectivity index is 1.74. The van der Waals surface area contributed by atoms with Crippen molar-refractivity contribution in [3.8, 4) is 5.75 Å². The van der Waals surface area contributed by atoms with Crippen LogP contribution in [0.4, 0.5) is 8.78 Å². The summed E-state index contributed by atoms with van der Waals surface area (Å²) in [6.45, 7) is 5.28. The van der Waals surface area contributed by atoms with E-state index in [9.17, 15) is 18.4 Å². The third-order valence-corrected chi connectivity index (χ3v) is 7.52. The Labute approximate surface area is 263 Å². The number of esters is 1. The largest absolute Gasteiger partial charge is 0.494 e. The number of hydrogen-bond donors (Lipinski definition) is 2. The molecule has 1 amide bonds. The van der Waals surface area contributed by atoms with E-state index in [1.807, 2.05) is 6.07 Å². The van der Waals surface area contributed by atoms with E-state index in [4.69, 9.17) is 24.3 Å². The number of benzene rings is 3. The molecule has 2 atom stereocenters. The first-order chi connectivity index (χ1) is 20.9. The van der Waals surface area contributed by atoms with Crippen molar-refractivity contribution in [1.29, 1.82) is 0 Å². The summed E-state index contributed by atoms with van der Waals surface area (Å²) >= 11 is 3.56. The predicted octanol–water partition coefficient (Wildman–Crippen LogP) is 6.18. The summed E-state index contributed by atoms with van der Waals surface area (Å²) in [6.07, 6.45) is -0.775. The van der Waals surface area contributed by atoms with Gasteiger partial charge in [0.05, 0.1) is 6.61 Å². The molecule has 1 aliphatic rings. The van der Waals surface area contributed by atoms with Crippen molar-refractivity contribution in [2.45, 2.75) is 63.8 Å². The Morgan fingerprint density at radius 1 is 1.09 bits per heavy atom. The van der Waals surface area contributed by atoms with E-state index >= 15 is 0 Å². The molecule has 0 radical (unpaired) electrons. The van der Waals surface area contributed by atoms with Crippen LogP contribution in [0.2, 0.25) is 0 Å². The fraction of sp³-hybridized carbons (Fsp3) is 0.364. The van der Waals surface area contributed by atoms with Gasteiger partial charge in [-0.25, -0.2) is 13.8 Å². The summed E-state index contributed by atoms with van der Waals surface area (Å²) in [5.74, 6) is -1.75. The van der Waals surface area contributed by atoms with Crippen LogP contribution in [0.3, 0.4) is 0 Å². The number of rotatable bonds is 12. The first-order valence-electron chi connectivity index (χ1n) is 14.2. The SMILES string of the molecule is CC(C)(C)OC(=O)CC[C@@]1(C(=O)NCc2cc(F)ccc2F)N=C(c2ccc(OCCCO)cc2)O[C@@H]1c1ccccc1Br. The molecule has 0 saturated heterocycles. The standard InChI is InChI=1S/C33H35BrF2N2O6/c1-32(2,3)44-28(40)15-16-33(31(41)37-20-22-19-23(35)11-14-27(22)36)29(25-7-4-5-8-26(25)34)43-30(38-33)21-9-12-24(13-10-21)42-18-6-17-39/h4-5,7-14,19,29,39H,6,15-18,20H2,1-3H3,(H,37,41)/t29-,33-/m1/s1. The third-order valence-electron chi connectivity index (χ3n) is 6.80. The molecule has 3 aromatic carbocycles. The van der Waals surface area contributed by atoms with E-state index < -0.39 is 40.8 Å². The van der Waals surface area contributed by atoms with Crippen molar-refractivity contribution in [3.63, 3.8) is 0 Å². The molecule has 11 heteroatoms. The van der Waals surface area contributed by atoms with Gasteiger partial charge in [0.2, 0.25) is 5.90 Å².